The fourth-order valence-corrected chi connectivity index (χ4v) is 5.08. The highest BCUT2D eigenvalue weighted by molar-refractivity contribution is 5.87. The molecule has 140 valence electrons. The monoisotopic (exact) mass is 352 g/mol. The smallest absolute Gasteiger partial charge is 0.331 e. The van der Waals surface area contributed by atoms with Crippen LogP contribution in [0, 0.1) is 23.2 Å². The minimum absolute atomic E-state index is 0.0155. The molecule has 0 N–H and O–H groups in total. The number of esters is 1. The minimum atomic E-state index is -0.216. The topological polar surface area (TPSA) is 26.3 Å². The lowest BCUT2D eigenvalue weighted by Gasteiger charge is -2.52. The number of hydrogen-bond acceptors (Lipinski definition) is 2. The molecule has 0 radical (unpaired) electrons. The number of fused-ring (bicyclic) bond motifs is 1. The number of carbonyl (C=O) groups is 1. The first-order valence-corrected chi connectivity index (χ1v) is 10.0. The number of carbonyl (C=O) groups excluding carboxylic acids is 1. The van der Waals surface area contributed by atoms with E-state index in [9.17, 15) is 4.79 Å². The highest BCUT2D eigenvalue weighted by Gasteiger charge is 2.50. The SMILES string of the molecule is CC1=CCCC2(C)CCC(C(C)C)C(OC(=O)C=Cc3ccccc3)C12. The molecule has 2 heteroatoms. The zero-order chi connectivity index (χ0) is 18.7. The van der Waals surface area contributed by atoms with Gasteiger partial charge in [-0.1, -0.05) is 62.8 Å². The fraction of sp³-hybridized carbons (Fsp3) is 0.542. The molecule has 2 aliphatic rings. The second-order valence-corrected chi connectivity index (χ2v) is 8.71. The number of ether oxygens (including phenoxy) is 1. The summed E-state index contributed by atoms with van der Waals surface area (Å²) in [6, 6.07) is 9.91. The molecule has 2 aliphatic carbocycles. The molecule has 1 aromatic carbocycles. The van der Waals surface area contributed by atoms with Gasteiger partial charge in [0.25, 0.3) is 0 Å². The van der Waals surface area contributed by atoms with E-state index in [-0.39, 0.29) is 17.5 Å². The van der Waals surface area contributed by atoms with Gasteiger partial charge in [0.05, 0.1) is 0 Å². The van der Waals surface area contributed by atoms with Crippen LogP contribution >= 0.6 is 0 Å². The second-order valence-electron chi connectivity index (χ2n) is 8.71. The van der Waals surface area contributed by atoms with E-state index in [2.05, 4.69) is 33.8 Å². The summed E-state index contributed by atoms with van der Waals surface area (Å²) in [4.78, 5) is 12.6. The number of hydrogen-bond donors (Lipinski definition) is 0. The lowest BCUT2D eigenvalue weighted by molar-refractivity contribution is -0.158. The van der Waals surface area contributed by atoms with Crippen LogP contribution in [0.15, 0.2) is 48.1 Å². The zero-order valence-corrected chi connectivity index (χ0v) is 16.6. The van der Waals surface area contributed by atoms with Gasteiger partial charge in [0.15, 0.2) is 0 Å². The summed E-state index contributed by atoms with van der Waals surface area (Å²) in [6.07, 6.45) is 10.5. The molecule has 26 heavy (non-hydrogen) atoms. The van der Waals surface area contributed by atoms with Crippen LogP contribution in [-0.4, -0.2) is 12.1 Å². The van der Waals surface area contributed by atoms with Gasteiger partial charge in [-0.15, -0.1) is 0 Å². The largest absolute Gasteiger partial charge is 0.458 e. The molecule has 4 atom stereocenters. The average Bonchev–Trinajstić information content (AvgIpc) is 2.60. The molecule has 0 amide bonds. The van der Waals surface area contributed by atoms with Crippen molar-refractivity contribution in [2.45, 2.75) is 59.5 Å². The Balaban J connectivity index is 1.81. The lowest BCUT2D eigenvalue weighted by Crippen LogP contribution is -2.50. The Kier molecular flexibility index (Phi) is 5.70. The van der Waals surface area contributed by atoms with Crippen LogP contribution in [0.4, 0.5) is 0 Å². The van der Waals surface area contributed by atoms with Gasteiger partial charge in [0.2, 0.25) is 0 Å². The van der Waals surface area contributed by atoms with Crippen molar-refractivity contribution in [2.75, 3.05) is 0 Å². The van der Waals surface area contributed by atoms with E-state index < -0.39 is 0 Å². The van der Waals surface area contributed by atoms with Gasteiger partial charge in [0.1, 0.15) is 6.10 Å². The predicted molar refractivity (Wildman–Crippen MR) is 108 cm³/mol. The van der Waals surface area contributed by atoms with Crippen molar-refractivity contribution in [3.8, 4) is 0 Å². The standard InChI is InChI=1S/C24H32O2/c1-17(2)20-14-16-24(4)15-8-9-18(3)22(24)23(20)26-21(25)13-12-19-10-6-5-7-11-19/h5-7,9-13,17,20,22-23H,8,14-16H2,1-4H3. The first kappa shape index (κ1) is 18.9. The molecule has 0 aromatic heterocycles. The van der Waals surface area contributed by atoms with E-state index >= 15 is 0 Å². The lowest BCUT2D eigenvalue weighted by atomic mass is 9.55. The van der Waals surface area contributed by atoms with Crippen LogP contribution in [0.3, 0.4) is 0 Å². The van der Waals surface area contributed by atoms with Crippen LogP contribution in [0.25, 0.3) is 6.08 Å². The number of allylic oxidation sites excluding steroid dienone is 1. The average molecular weight is 353 g/mol. The summed E-state index contributed by atoms with van der Waals surface area (Å²) >= 11 is 0. The molecule has 0 heterocycles. The summed E-state index contributed by atoms with van der Waals surface area (Å²) in [7, 11) is 0. The molecular formula is C24H32O2. The number of benzene rings is 1. The van der Waals surface area contributed by atoms with Crippen LogP contribution in [0.1, 0.15) is 58.9 Å². The van der Waals surface area contributed by atoms with E-state index in [0.29, 0.717) is 17.8 Å². The highest BCUT2D eigenvalue weighted by atomic mass is 16.5. The Bertz CT molecular complexity index is 685. The molecule has 0 saturated heterocycles. The molecule has 1 saturated carbocycles. The van der Waals surface area contributed by atoms with Gasteiger partial charge in [-0.25, -0.2) is 4.79 Å². The molecule has 4 unspecified atom stereocenters. The van der Waals surface area contributed by atoms with Gasteiger partial charge < -0.3 is 4.74 Å². The summed E-state index contributed by atoms with van der Waals surface area (Å²) < 4.78 is 6.13. The van der Waals surface area contributed by atoms with E-state index in [4.69, 9.17) is 4.74 Å². The van der Waals surface area contributed by atoms with Gasteiger partial charge in [-0.05, 0) is 61.5 Å². The van der Waals surface area contributed by atoms with Crippen LogP contribution < -0.4 is 0 Å². The van der Waals surface area contributed by atoms with Gasteiger partial charge >= 0.3 is 5.97 Å². The molecule has 0 spiro atoms. The maximum atomic E-state index is 12.6. The van der Waals surface area contributed by atoms with Crippen molar-refractivity contribution in [1.82, 2.24) is 0 Å². The Morgan fingerprint density at radius 1 is 1.23 bits per heavy atom. The van der Waals surface area contributed by atoms with Gasteiger partial charge in [0, 0.05) is 12.0 Å². The molecule has 3 rings (SSSR count). The Morgan fingerprint density at radius 2 is 1.96 bits per heavy atom. The van der Waals surface area contributed by atoms with Crippen molar-refractivity contribution in [3.05, 3.63) is 53.6 Å². The summed E-state index contributed by atoms with van der Waals surface area (Å²) in [5.74, 6) is 1.09. The Labute approximate surface area is 158 Å². The third-order valence-corrected chi connectivity index (χ3v) is 6.54. The Hall–Kier alpha value is -1.83. The maximum Gasteiger partial charge on any atom is 0.331 e. The fourth-order valence-electron chi connectivity index (χ4n) is 5.08. The Morgan fingerprint density at radius 3 is 2.65 bits per heavy atom. The van der Waals surface area contributed by atoms with Crippen molar-refractivity contribution in [2.24, 2.45) is 23.2 Å². The zero-order valence-electron chi connectivity index (χ0n) is 16.6. The van der Waals surface area contributed by atoms with Crippen LogP contribution in [0.5, 0.6) is 0 Å². The number of rotatable bonds is 4. The molecule has 0 bridgehead atoms. The molecule has 1 aromatic rings. The van der Waals surface area contributed by atoms with Gasteiger partial charge in [-0.2, -0.15) is 0 Å². The highest BCUT2D eigenvalue weighted by Crippen LogP contribution is 2.54. The molecule has 0 aliphatic heterocycles. The van der Waals surface area contributed by atoms with Crippen molar-refractivity contribution in [1.29, 1.82) is 0 Å². The van der Waals surface area contributed by atoms with E-state index in [1.54, 1.807) is 6.08 Å². The van der Waals surface area contributed by atoms with E-state index in [0.717, 1.165) is 18.4 Å². The minimum Gasteiger partial charge on any atom is -0.458 e. The van der Waals surface area contributed by atoms with Gasteiger partial charge in [-0.3, -0.25) is 0 Å². The normalized spacial score (nSPS) is 31.6. The summed E-state index contributed by atoms with van der Waals surface area (Å²) in [6.45, 7) is 9.14. The third-order valence-electron chi connectivity index (χ3n) is 6.54. The quantitative estimate of drug-likeness (QED) is 0.375. The summed E-state index contributed by atoms with van der Waals surface area (Å²) in [5, 5.41) is 0. The van der Waals surface area contributed by atoms with Crippen LogP contribution in [0.2, 0.25) is 0 Å². The maximum absolute atomic E-state index is 12.6. The van der Waals surface area contributed by atoms with Crippen molar-refractivity contribution >= 4 is 12.0 Å². The van der Waals surface area contributed by atoms with E-state index in [1.165, 1.54) is 18.4 Å². The first-order valence-electron chi connectivity index (χ1n) is 10.0. The van der Waals surface area contributed by atoms with E-state index in [1.807, 2.05) is 36.4 Å². The predicted octanol–water partition coefficient (Wildman–Crippen LogP) is 6.04. The molecule has 2 nitrogen and oxygen atoms in total. The molecular weight excluding hydrogens is 320 g/mol. The van der Waals surface area contributed by atoms with Crippen molar-refractivity contribution < 1.29 is 9.53 Å². The first-order chi connectivity index (χ1) is 12.4. The third kappa shape index (κ3) is 3.95. The van der Waals surface area contributed by atoms with Crippen LogP contribution in [-0.2, 0) is 9.53 Å². The molecule has 1 fully saturated rings. The second kappa shape index (κ2) is 7.82. The van der Waals surface area contributed by atoms with Crippen molar-refractivity contribution in [3.63, 3.8) is 0 Å². The summed E-state index contributed by atoms with van der Waals surface area (Å²) in [5.41, 5.74) is 2.69.